The van der Waals surface area contributed by atoms with Crippen LogP contribution in [0.3, 0.4) is 0 Å². The summed E-state index contributed by atoms with van der Waals surface area (Å²) in [4.78, 5) is 17.8. The van der Waals surface area contributed by atoms with Crippen molar-refractivity contribution in [2.75, 3.05) is 11.9 Å². The van der Waals surface area contributed by atoms with E-state index in [0.29, 0.717) is 28.2 Å². The van der Waals surface area contributed by atoms with E-state index >= 15 is 0 Å². The van der Waals surface area contributed by atoms with E-state index in [1.54, 1.807) is 18.3 Å². The summed E-state index contributed by atoms with van der Waals surface area (Å²) in [5, 5.41) is 13.6. The highest BCUT2D eigenvalue weighted by molar-refractivity contribution is 7.15. The lowest BCUT2D eigenvalue weighted by molar-refractivity contribution is -0.112. The molecule has 0 spiro atoms. The molecular weight excluding hydrogens is 489 g/mol. The van der Waals surface area contributed by atoms with E-state index in [2.05, 4.69) is 17.2 Å². The van der Waals surface area contributed by atoms with Crippen molar-refractivity contribution in [3.05, 3.63) is 80.3 Å². The Bertz CT molecular complexity index is 1180. The quantitative estimate of drug-likeness (QED) is 0.163. The normalized spacial score (nSPS) is 11.2. The van der Waals surface area contributed by atoms with E-state index in [4.69, 9.17) is 27.9 Å². The highest BCUT2D eigenvalue weighted by atomic mass is 35.5. The van der Waals surface area contributed by atoms with E-state index in [-0.39, 0.29) is 5.57 Å². The molecule has 0 unspecified atom stereocenters. The van der Waals surface area contributed by atoms with Gasteiger partial charge in [-0.05, 0) is 41.8 Å². The highest BCUT2D eigenvalue weighted by Crippen LogP contribution is 2.29. The number of rotatable bonds is 11. The van der Waals surface area contributed by atoms with Crippen molar-refractivity contribution in [2.45, 2.75) is 39.0 Å². The van der Waals surface area contributed by atoms with Crippen LogP contribution in [0.15, 0.2) is 54.2 Å². The fourth-order valence-electron chi connectivity index (χ4n) is 3.18. The molecule has 2 aromatic carbocycles. The number of unbranched alkanes of at least 4 members (excludes halogenated alkanes) is 3. The molecule has 1 N–H and O–H groups in total. The first-order valence-electron chi connectivity index (χ1n) is 11.0. The van der Waals surface area contributed by atoms with Gasteiger partial charge in [-0.3, -0.25) is 10.1 Å². The molecule has 1 heterocycles. The first kappa shape index (κ1) is 25.8. The second kappa shape index (κ2) is 13.1. The smallest absolute Gasteiger partial charge is 0.268 e. The van der Waals surface area contributed by atoms with Crippen LogP contribution in [0.5, 0.6) is 5.75 Å². The Balaban J connectivity index is 1.58. The van der Waals surface area contributed by atoms with Gasteiger partial charge in [0.2, 0.25) is 0 Å². The number of ether oxygens (including phenoxy) is 1. The van der Waals surface area contributed by atoms with Crippen molar-refractivity contribution < 1.29 is 9.53 Å². The Morgan fingerprint density at radius 3 is 2.71 bits per heavy atom. The average Bonchev–Trinajstić information content (AvgIpc) is 3.27. The maximum atomic E-state index is 12.6. The van der Waals surface area contributed by atoms with E-state index in [1.807, 2.05) is 42.5 Å². The number of hydrogen-bond donors (Lipinski definition) is 1. The largest absolute Gasteiger partial charge is 0.494 e. The Kier molecular flexibility index (Phi) is 9.96. The monoisotopic (exact) mass is 513 g/mol. The topological polar surface area (TPSA) is 75.0 Å². The van der Waals surface area contributed by atoms with Crippen molar-refractivity contribution in [1.82, 2.24) is 4.98 Å². The molecule has 0 saturated carbocycles. The van der Waals surface area contributed by atoms with Crippen LogP contribution in [0.4, 0.5) is 5.13 Å². The number of carbonyl (C=O) groups excluding carboxylic acids is 1. The average molecular weight is 514 g/mol. The van der Waals surface area contributed by atoms with Gasteiger partial charge in [0.25, 0.3) is 5.91 Å². The number of nitriles is 1. The molecule has 3 rings (SSSR count). The molecule has 176 valence electrons. The van der Waals surface area contributed by atoms with Crippen LogP contribution >= 0.6 is 34.5 Å². The van der Waals surface area contributed by atoms with Gasteiger partial charge in [-0.1, -0.05) is 73.7 Å². The van der Waals surface area contributed by atoms with Crippen LogP contribution in [-0.2, 0) is 11.2 Å². The molecule has 0 aliphatic heterocycles. The zero-order chi connectivity index (χ0) is 24.3. The molecule has 0 aliphatic rings. The van der Waals surface area contributed by atoms with Crippen molar-refractivity contribution in [3.63, 3.8) is 0 Å². The number of hydrogen-bond acceptors (Lipinski definition) is 5. The predicted octanol–water partition coefficient (Wildman–Crippen LogP) is 7.55. The summed E-state index contributed by atoms with van der Waals surface area (Å²) >= 11 is 13.7. The van der Waals surface area contributed by atoms with Crippen LogP contribution in [0.1, 0.15) is 48.6 Å². The second-order valence-corrected chi connectivity index (χ2v) is 9.52. The molecule has 1 amide bonds. The maximum Gasteiger partial charge on any atom is 0.268 e. The molecule has 0 bridgehead atoms. The van der Waals surface area contributed by atoms with Gasteiger partial charge in [0.15, 0.2) is 5.13 Å². The van der Waals surface area contributed by atoms with Crippen LogP contribution < -0.4 is 10.1 Å². The molecule has 0 atom stereocenters. The van der Waals surface area contributed by atoms with Crippen LogP contribution in [0.2, 0.25) is 10.0 Å². The van der Waals surface area contributed by atoms with Gasteiger partial charge < -0.3 is 4.74 Å². The molecule has 0 radical (unpaired) electrons. The van der Waals surface area contributed by atoms with Crippen molar-refractivity contribution in [2.24, 2.45) is 0 Å². The molecule has 3 aromatic rings. The Hall–Kier alpha value is -2.85. The third-order valence-electron chi connectivity index (χ3n) is 4.99. The number of anilines is 1. The minimum atomic E-state index is -0.513. The lowest BCUT2D eigenvalue weighted by Crippen LogP contribution is -2.13. The minimum Gasteiger partial charge on any atom is -0.494 e. The van der Waals surface area contributed by atoms with Crippen LogP contribution in [0.25, 0.3) is 6.08 Å². The summed E-state index contributed by atoms with van der Waals surface area (Å²) in [6.45, 7) is 2.86. The number of amides is 1. The Labute approximate surface area is 214 Å². The molecule has 8 heteroatoms. The van der Waals surface area contributed by atoms with Gasteiger partial charge in [0.1, 0.15) is 17.4 Å². The van der Waals surface area contributed by atoms with E-state index in [0.717, 1.165) is 34.6 Å². The van der Waals surface area contributed by atoms with Gasteiger partial charge in [-0.25, -0.2) is 4.98 Å². The van der Waals surface area contributed by atoms with Gasteiger partial charge in [-0.2, -0.15) is 5.26 Å². The molecule has 5 nitrogen and oxygen atoms in total. The Morgan fingerprint density at radius 2 is 1.97 bits per heavy atom. The van der Waals surface area contributed by atoms with Crippen molar-refractivity contribution in [1.29, 1.82) is 5.26 Å². The SMILES string of the molecule is CCCCCCOc1ccc(/C=C(\C#N)C(=O)Nc2ncc(Cc3cccc(Cl)c3Cl)s2)cc1. The predicted molar refractivity (Wildman–Crippen MR) is 140 cm³/mol. The van der Waals surface area contributed by atoms with E-state index in [1.165, 1.54) is 24.2 Å². The first-order valence-corrected chi connectivity index (χ1v) is 12.6. The summed E-state index contributed by atoms with van der Waals surface area (Å²) in [5.74, 6) is 0.257. The summed E-state index contributed by atoms with van der Waals surface area (Å²) in [7, 11) is 0. The molecule has 1 aromatic heterocycles. The van der Waals surface area contributed by atoms with Gasteiger partial charge in [-0.15, -0.1) is 11.3 Å². The summed E-state index contributed by atoms with van der Waals surface area (Å²) in [6, 6.07) is 14.7. The summed E-state index contributed by atoms with van der Waals surface area (Å²) in [6.07, 6.45) is 8.35. The molecular formula is C26H25Cl2N3O2S. The fourth-order valence-corrected chi connectivity index (χ4v) is 4.40. The molecule has 0 aliphatic carbocycles. The Morgan fingerprint density at radius 1 is 1.18 bits per heavy atom. The minimum absolute atomic E-state index is 0.0112. The molecule has 0 saturated heterocycles. The van der Waals surface area contributed by atoms with Gasteiger partial charge in [0.05, 0.1) is 16.7 Å². The number of nitrogens with zero attached hydrogens (tertiary/aromatic N) is 2. The number of carbonyl (C=O) groups is 1. The molecule has 34 heavy (non-hydrogen) atoms. The third kappa shape index (κ3) is 7.59. The highest BCUT2D eigenvalue weighted by Gasteiger charge is 2.13. The number of nitrogens with one attached hydrogen (secondary N) is 1. The molecule has 0 fully saturated rings. The number of halogens is 2. The fraction of sp³-hybridized carbons (Fsp3) is 0.269. The van der Waals surface area contributed by atoms with Crippen LogP contribution in [-0.4, -0.2) is 17.5 Å². The first-order chi connectivity index (χ1) is 16.5. The van der Waals surface area contributed by atoms with Gasteiger partial charge >= 0.3 is 0 Å². The summed E-state index contributed by atoms with van der Waals surface area (Å²) < 4.78 is 5.74. The lowest BCUT2D eigenvalue weighted by atomic mass is 10.1. The number of benzene rings is 2. The number of aromatic nitrogens is 1. The standard InChI is InChI=1S/C26H25Cl2N3O2S/c1-2-3-4-5-13-33-21-11-9-18(10-12-21)14-20(16-29)25(32)31-26-30-17-22(34-26)15-19-7-6-8-23(27)24(19)28/h6-12,14,17H,2-5,13,15H2,1H3,(H,30,31,32)/b20-14+. The third-order valence-corrected chi connectivity index (χ3v) is 6.76. The maximum absolute atomic E-state index is 12.6. The van der Waals surface area contributed by atoms with Crippen LogP contribution in [0, 0.1) is 11.3 Å². The van der Waals surface area contributed by atoms with Crippen molar-refractivity contribution >= 4 is 51.7 Å². The van der Waals surface area contributed by atoms with E-state index < -0.39 is 5.91 Å². The van der Waals surface area contributed by atoms with Gasteiger partial charge in [0, 0.05) is 17.5 Å². The second-order valence-electron chi connectivity index (χ2n) is 7.62. The van der Waals surface area contributed by atoms with E-state index in [9.17, 15) is 10.1 Å². The zero-order valence-electron chi connectivity index (χ0n) is 18.8. The number of thiazole rings is 1. The zero-order valence-corrected chi connectivity index (χ0v) is 21.1. The lowest BCUT2D eigenvalue weighted by Gasteiger charge is -2.06. The summed E-state index contributed by atoms with van der Waals surface area (Å²) in [5.41, 5.74) is 1.60. The van der Waals surface area contributed by atoms with Crippen molar-refractivity contribution in [3.8, 4) is 11.8 Å².